The van der Waals surface area contributed by atoms with Crippen LogP contribution in [0.2, 0.25) is 0 Å². The number of hydrogen-bond donors (Lipinski definition) is 3. The minimum atomic E-state index is -4.69. The summed E-state index contributed by atoms with van der Waals surface area (Å²) in [5.74, 6) is -0.967. The van der Waals surface area contributed by atoms with Crippen LogP contribution in [0.1, 0.15) is 12.5 Å². The molecule has 1 atom stereocenters. The van der Waals surface area contributed by atoms with Gasteiger partial charge in [0.05, 0.1) is 17.9 Å². The molecule has 1 rings (SSSR count). The molecule has 1 amide bonds. The number of alkyl halides is 3. The van der Waals surface area contributed by atoms with E-state index in [1.807, 2.05) is 15.0 Å². The van der Waals surface area contributed by atoms with Crippen molar-refractivity contribution in [1.29, 1.82) is 0 Å². The maximum Gasteiger partial charge on any atom is 0.417 e. The lowest BCUT2D eigenvalue weighted by Gasteiger charge is -2.13. The highest BCUT2D eigenvalue weighted by molar-refractivity contribution is 7.88. The lowest BCUT2D eigenvalue weighted by Crippen LogP contribution is -2.41. The molecular formula is C10H12F3N3O4S. The van der Waals surface area contributed by atoms with Gasteiger partial charge in [-0.1, -0.05) is 0 Å². The van der Waals surface area contributed by atoms with Crippen molar-refractivity contribution in [3.05, 3.63) is 28.2 Å². The van der Waals surface area contributed by atoms with Crippen LogP contribution in [0.25, 0.3) is 0 Å². The molecule has 1 aromatic rings. The molecule has 1 heterocycles. The summed E-state index contributed by atoms with van der Waals surface area (Å²) in [4.78, 5) is 24.8. The van der Waals surface area contributed by atoms with E-state index in [9.17, 15) is 31.2 Å². The SMILES string of the molecule is C[C@@H](NS(C)(=O)=O)C(=O)Nc1cc(C(F)(F)F)c[nH]c1=O. The van der Waals surface area contributed by atoms with Crippen molar-refractivity contribution in [1.82, 2.24) is 9.71 Å². The van der Waals surface area contributed by atoms with Gasteiger partial charge >= 0.3 is 6.18 Å². The van der Waals surface area contributed by atoms with E-state index in [1.54, 1.807) is 0 Å². The van der Waals surface area contributed by atoms with E-state index >= 15 is 0 Å². The Morgan fingerprint density at radius 2 is 1.95 bits per heavy atom. The van der Waals surface area contributed by atoms with Crippen molar-refractivity contribution in [3.8, 4) is 0 Å². The Morgan fingerprint density at radius 1 is 1.38 bits per heavy atom. The van der Waals surface area contributed by atoms with Gasteiger partial charge in [0.25, 0.3) is 5.56 Å². The van der Waals surface area contributed by atoms with Crippen LogP contribution in [-0.4, -0.2) is 31.6 Å². The number of aromatic amines is 1. The van der Waals surface area contributed by atoms with Crippen molar-refractivity contribution in [3.63, 3.8) is 0 Å². The zero-order valence-electron chi connectivity index (χ0n) is 10.9. The summed E-state index contributed by atoms with van der Waals surface area (Å²) in [6.07, 6.45) is -3.41. The van der Waals surface area contributed by atoms with Gasteiger partial charge < -0.3 is 10.3 Å². The molecular weight excluding hydrogens is 315 g/mol. The van der Waals surface area contributed by atoms with Gasteiger partial charge in [0.2, 0.25) is 15.9 Å². The first-order chi connectivity index (χ1) is 9.40. The van der Waals surface area contributed by atoms with E-state index in [4.69, 9.17) is 0 Å². The van der Waals surface area contributed by atoms with Gasteiger partial charge in [-0.15, -0.1) is 0 Å². The molecule has 0 aliphatic carbocycles. The molecule has 0 aliphatic rings. The van der Waals surface area contributed by atoms with Crippen molar-refractivity contribution in [2.75, 3.05) is 11.6 Å². The fourth-order valence-electron chi connectivity index (χ4n) is 1.36. The monoisotopic (exact) mass is 327 g/mol. The van der Waals surface area contributed by atoms with E-state index < -0.39 is 45.0 Å². The van der Waals surface area contributed by atoms with Crippen molar-refractivity contribution >= 4 is 21.6 Å². The number of anilines is 1. The first-order valence-electron chi connectivity index (χ1n) is 5.48. The molecule has 0 bridgehead atoms. The lowest BCUT2D eigenvalue weighted by molar-refractivity contribution is -0.137. The number of aromatic nitrogens is 1. The highest BCUT2D eigenvalue weighted by Gasteiger charge is 2.31. The number of halogens is 3. The number of carbonyl (C=O) groups is 1. The molecule has 0 aliphatic heterocycles. The Hall–Kier alpha value is -1.88. The lowest BCUT2D eigenvalue weighted by atomic mass is 10.2. The highest BCUT2D eigenvalue weighted by atomic mass is 32.2. The third-order valence-electron chi connectivity index (χ3n) is 2.27. The molecule has 0 aromatic carbocycles. The zero-order chi connectivity index (χ0) is 16.4. The predicted octanol–water partition coefficient (Wildman–Crippen LogP) is 0.270. The largest absolute Gasteiger partial charge is 0.417 e. The van der Waals surface area contributed by atoms with Crippen molar-refractivity contribution in [2.45, 2.75) is 19.1 Å². The van der Waals surface area contributed by atoms with Gasteiger partial charge in [-0.2, -0.15) is 13.2 Å². The van der Waals surface area contributed by atoms with E-state index in [1.165, 1.54) is 6.92 Å². The van der Waals surface area contributed by atoms with Gasteiger partial charge in [-0.05, 0) is 13.0 Å². The van der Waals surface area contributed by atoms with E-state index in [0.717, 1.165) is 6.26 Å². The van der Waals surface area contributed by atoms with E-state index in [2.05, 4.69) is 0 Å². The maximum atomic E-state index is 12.5. The molecule has 7 nitrogen and oxygen atoms in total. The maximum absolute atomic E-state index is 12.5. The van der Waals surface area contributed by atoms with Crippen LogP contribution in [0.3, 0.4) is 0 Å². The quantitative estimate of drug-likeness (QED) is 0.737. The Kier molecular flexibility index (Phi) is 4.79. The van der Waals surface area contributed by atoms with Crippen LogP contribution in [0.5, 0.6) is 0 Å². The standard InChI is InChI=1S/C10H12F3N3O4S/c1-5(16-21(2,19)20)8(17)15-7-3-6(10(11,12)13)4-14-9(7)18/h3-5,16H,1-2H3,(H,14,18)(H,15,17)/t5-/m1/s1. The predicted molar refractivity (Wildman–Crippen MR) is 68.1 cm³/mol. The Morgan fingerprint density at radius 3 is 2.43 bits per heavy atom. The number of nitrogens with one attached hydrogen (secondary N) is 3. The Labute approximate surface area is 117 Å². The molecule has 0 fully saturated rings. The zero-order valence-corrected chi connectivity index (χ0v) is 11.7. The Balaban J connectivity index is 2.98. The summed E-state index contributed by atoms with van der Waals surface area (Å²) in [7, 11) is -3.68. The van der Waals surface area contributed by atoms with Gasteiger partial charge in [0, 0.05) is 6.20 Å². The van der Waals surface area contributed by atoms with Crippen molar-refractivity contribution < 1.29 is 26.4 Å². The van der Waals surface area contributed by atoms with Crippen LogP contribution >= 0.6 is 0 Å². The molecule has 0 saturated heterocycles. The summed E-state index contributed by atoms with van der Waals surface area (Å²) < 4.78 is 61.3. The van der Waals surface area contributed by atoms with Crippen LogP contribution in [-0.2, 0) is 21.0 Å². The van der Waals surface area contributed by atoms with Crippen LogP contribution in [0.4, 0.5) is 18.9 Å². The second kappa shape index (κ2) is 5.85. The fraction of sp³-hybridized carbons (Fsp3) is 0.400. The first-order valence-corrected chi connectivity index (χ1v) is 7.37. The molecule has 0 saturated carbocycles. The minimum Gasteiger partial charge on any atom is -0.327 e. The molecule has 118 valence electrons. The topological polar surface area (TPSA) is 108 Å². The van der Waals surface area contributed by atoms with Crippen LogP contribution in [0.15, 0.2) is 17.1 Å². The summed E-state index contributed by atoms with van der Waals surface area (Å²) in [5, 5.41) is 1.94. The average Bonchev–Trinajstić information content (AvgIpc) is 2.28. The number of pyridine rings is 1. The number of amides is 1. The Bertz CT molecular complexity index is 696. The molecule has 3 N–H and O–H groups in total. The second-order valence-electron chi connectivity index (χ2n) is 4.23. The minimum absolute atomic E-state index is 0.462. The third kappa shape index (κ3) is 5.19. The van der Waals surface area contributed by atoms with Gasteiger partial charge in [-0.25, -0.2) is 13.1 Å². The summed E-state index contributed by atoms with van der Waals surface area (Å²) in [6.45, 7) is 1.18. The normalized spacial score (nSPS) is 13.8. The number of sulfonamides is 1. The first kappa shape index (κ1) is 17.2. The van der Waals surface area contributed by atoms with Crippen LogP contribution < -0.4 is 15.6 Å². The van der Waals surface area contributed by atoms with Gasteiger partial charge in [0.1, 0.15) is 5.69 Å². The summed E-state index contributed by atoms with van der Waals surface area (Å²) >= 11 is 0. The highest BCUT2D eigenvalue weighted by Crippen LogP contribution is 2.29. The second-order valence-corrected chi connectivity index (χ2v) is 6.01. The number of rotatable bonds is 4. The van der Waals surface area contributed by atoms with Gasteiger partial charge in [0.15, 0.2) is 0 Å². The fourth-order valence-corrected chi connectivity index (χ4v) is 2.11. The third-order valence-corrected chi connectivity index (χ3v) is 3.05. The van der Waals surface area contributed by atoms with E-state index in [-0.39, 0.29) is 0 Å². The number of hydrogen-bond acceptors (Lipinski definition) is 4. The summed E-state index contributed by atoms with van der Waals surface area (Å²) in [5.41, 5.74) is -2.72. The molecule has 21 heavy (non-hydrogen) atoms. The molecule has 1 aromatic heterocycles. The van der Waals surface area contributed by atoms with Gasteiger partial charge in [-0.3, -0.25) is 9.59 Å². The molecule has 0 unspecified atom stereocenters. The van der Waals surface area contributed by atoms with Crippen LogP contribution in [0, 0.1) is 0 Å². The van der Waals surface area contributed by atoms with Crippen molar-refractivity contribution in [2.24, 2.45) is 0 Å². The molecule has 0 spiro atoms. The van der Waals surface area contributed by atoms with E-state index in [0.29, 0.717) is 12.3 Å². The molecule has 0 radical (unpaired) electrons. The number of carbonyl (C=O) groups excluding carboxylic acids is 1. The smallest absolute Gasteiger partial charge is 0.327 e. The average molecular weight is 327 g/mol. The number of H-pyrrole nitrogens is 1. The molecule has 11 heteroatoms. The summed E-state index contributed by atoms with van der Waals surface area (Å²) in [6, 6.07) is -0.793.